The van der Waals surface area contributed by atoms with Crippen molar-refractivity contribution in [1.29, 1.82) is 0 Å². The molecule has 0 saturated heterocycles. The molecule has 0 unspecified atom stereocenters. The predicted octanol–water partition coefficient (Wildman–Crippen LogP) is -0.657. The van der Waals surface area contributed by atoms with Crippen molar-refractivity contribution in [3.63, 3.8) is 0 Å². The summed E-state index contributed by atoms with van der Waals surface area (Å²) in [6.07, 6.45) is -0.344. The molecule has 0 bridgehead atoms. The predicted molar refractivity (Wildman–Crippen MR) is 137 cm³/mol. The fourth-order valence-corrected chi connectivity index (χ4v) is 4.00. The van der Waals surface area contributed by atoms with Gasteiger partial charge in [-0.2, -0.15) is 5.10 Å². The molecular formula is C28H31FN3NaO6. The van der Waals surface area contributed by atoms with Gasteiger partial charge in [0.15, 0.2) is 5.69 Å². The van der Waals surface area contributed by atoms with E-state index in [4.69, 9.17) is 4.74 Å². The summed E-state index contributed by atoms with van der Waals surface area (Å²) in [6, 6.07) is 12.9. The van der Waals surface area contributed by atoms with Crippen LogP contribution in [0.3, 0.4) is 0 Å². The Balaban J connectivity index is 0.00000533. The first-order valence-electron chi connectivity index (χ1n) is 12.1. The Bertz CT molecular complexity index is 1290. The smallest absolute Gasteiger partial charge is 0.550 e. The number of benzene rings is 2. The van der Waals surface area contributed by atoms with E-state index in [2.05, 4.69) is 10.4 Å². The number of hydrogen-bond donors (Lipinski definition) is 3. The van der Waals surface area contributed by atoms with E-state index >= 15 is 0 Å². The number of carboxylic acids is 1. The average Bonchev–Trinajstić information content (AvgIpc) is 3.26. The van der Waals surface area contributed by atoms with Crippen molar-refractivity contribution < 1.29 is 63.6 Å². The van der Waals surface area contributed by atoms with Crippen LogP contribution in [-0.2, 0) is 11.3 Å². The molecule has 0 aliphatic rings. The second kappa shape index (κ2) is 14.9. The van der Waals surface area contributed by atoms with Gasteiger partial charge < -0.3 is 30.2 Å². The van der Waals surface area contributed by atoms with Gasteiger partial charge in [0.05, 0.1) is 30.7 Å². The molecule has 9 nitrogen and oxygen atoms in total. The van der Waals surface area contributed by atoms with Gasteiger partial charge >= 0.3 is 29.6 Å². The zero-order valence-electron chi connectivity index (χ0n) is 22.4. The first-order chi connectivity index (χ1) is 18.1. The van der Waals surface area contributed by atoms with Crippen LogP contribution in [0.25, 0.3) is 11.8 Å². The van der Waals surface area contributed by atoms with Crippen LogP contribution in [0, 0.1) is 5.82 Å². The standard InChI is InChI=1S/C28H32FN3O6.Na/c1-17(2)26-24(12-11-21(33)14-22(34)15-25(35)36)32(20-9-7-19(29)8-10-20)31-27(26)28(37)30-16-18-5-4-6-23(13-18)38-3;/h4-13,17,21-22,33-34H,14-16H2,1-3H3,(H,30,37)(H,35,36);/q;+1/p-1/b12-11+;/t21-,22-;/m1./s1. The number of carboxylic acid groups (broad SMARTS) is 1. The van der Waals surface area contributed by atoms with Crippen LogP contribution < -0.4 is 44.7 Å². The monoisotopic (exact) mass is 547 g/mol. The van der Waals surface area contributed by atoms with E-state index in [1.807, 2.05) is 32.0 Å². The molecule has 3 N–H and O–H groups in total. The van der Waals surface area contributed by atoms with E-state index in [-0.39, 0.29) is 54.1 Å². The summed E-state index contributed by atoms with van der Waals surface area (Å²) in [6.45, 7) is 4.02. The topological polar surface area (TPSA) is 137 Å². The van der Waals surface area contributed by atoms with Crippen molar-refractivity contribution in [3.05, 3.63) is 82.9 Å². The number of rotatable bonds is 12. The van der Waals surface area contributed by atoms with Crippen molar-refractivity contribution in [3.8, 4) is 11.4 Å². The summed E-state index contributed by atoms with van der Waals surface area (Å²) < 4.78 is 20.3. The third-order valence-electron chi connectivity index (χ3n) is 5.80. The van der Waals surface area contributed by atoms with Gasteiger partial charge in [-0.3, -0.25) is 4.79 Å². The van der Waals surface area contributed by atoms with E-state index in [1.54, 1.807) is 19.3 Å². The molecule has 1 aromatic heterocycles. The number of amides is 1. The molecule has 0 spiro atoms. The van der Waals surface area contributed by atoms with Gasteiger partial charge in [0.25, 0.3) is 5.91 Å². The van der Waals surface area contributed by atoms with Gasteiger partial charge in [0.1, 0.15) is 11.6 Å². The Hall–Kier alpha value is -3.02. The molecule has 39 heavy (non-hydrogen) atoms. The number of carbonyl (C=O) groups is 2. The number of methoxy groups -OCH3 is 1. The van der Waals surface area contributed by atoms with Crippen molar-refractivity contribution in [2.24, 2.45) is 0 Å². The Labute approximate surface area is 248 Å². The number of aliphatic hydroxyl groups excluding tert-OH is 2. The van der Waals surface area contributed by atoms with Crippen LogP contribution in [0.2, 0.25) is 0 Å². The maximum atomic E-state index is 13.6. The molecule has 1 amide bonds. The maximum absolute atomic E-state index is 13.6. The SMILES string of the molecule is COc1cccc(CNC(=O)c2nn(-c3ccc(F)cc3)c(/C=C/[C@@H](O)C[C@@H](O)CC(=O)[O-])c2C(C)C)c1.[Na+]. The van der Waals surface area contributed by atoms with Gasteiger partial charge in [-0.15, -0.1) is 0 Å². The molecule has 0 aliphatic heterocycles. The molecule has 0 saturated carbocycles. The second-order valence-electron chi connectivity index (χ2n) is 9.12. The zero-order chi connectivity index (χ0) is 27.8. The van der Waals surface area contributed by atoms with Crippen LogP contribution in [0.4, 0.5) is 4.39 Å². The minimum absolute atomic E-state index is 0. The number of nitrogens with one attached hydrogen (secondary N) is 1. The third kappa shape index (κ3) is 9.01. The fraction of sp³-hybridized carbons (Fsp3) is 0.321. The molecule has 3 aromatic rings. The van der Waals surface area contributed by atoms with Gasteiger partial charge in [-0.05, 0) is 54.0 Å². The van der Waals surface area contributed by atoms with Gasteiger partial charge in [0, 0.05) is 30.9 Å². The van der Waals surface area contributed by atoms with Crippen LogP contribution in [0.1, 0.15) is 59.9 Å². The Morgan fingerprint density at radius 2 is 1.87 bits per heavy atom. The third-order valence-corrected chi connectivity index (χ3v) is 5.80. The van der Waals surface area contributed by atoms with Crippen LogP contribution in [0.5, 0.6) is 5.75 Å². The molecule has 11 heteroatoms. The minimum atomic E-state index is -1.42. The van der Waals surface area contributed by atoms with E-state index in [0.29, 0.717) is 22.7 Å². The molecule has 202 valence electrons. The van der Waals surface area contributed by atoms with Crippen molar-refractivity contribution in [1.82, 2.24) is 15.1 Å². The largest absolute Gasteiger partial charge is 1.00 e. The number of ether oxygens (including phenoxy) is 1. The van der Waals surface area contributed by atoms with E-state index < -0.39 is 36.3 Å². The Morgan fingerprint density at radius 3 is 2.49 bits per heavy atom. The van der Waals surface area contributed by atoms with Crippen molar-refractivity contribution in [2.45, 2.75) is 51.4 Å². The summed E-state index contributed by atoms with van der Waals surface area (Å²) in [5.41, 5.74) is 2.56. The molecule has 2 atom stereocenters. The van der Waals surface area contributed by atoms with E-state index in [9.17, 15) is 29.3 Å². The number of halogens is 1. The number of aromatic nitrogens is 2. The number of hydrogen-bond acceptors (Lipinski definition) is 7. The summed E-state index contributed by atoms with van der Waals surface area (Å²) in [5, 5.41) is 38.3. The molecule has 1 heterocycles. The zero-order valence-corrected chi connectivity index (χ0v) is 24.4. The van der Waals surface area contributed by atoms with Crippen molar-refractivity contribution in [2.75, 3.05) is 7.11 Å². The van der Waals surface area contributed by atoms with Gasteiger partial charge in [0.2, 0.25) is 0 Å². The summed E-state index contributed by atoms with van der Waals surface area (Å²) in [7, 11) is 1.56. The summed E-state index contributed by atoms with van der Waals surface area (Å²) in [5.74, 6) is -1.78. The van der Waals surface area contributed by atoms with Crippen LogP contribution >= 0.6 is 0 Å². The average molecular weight is 548 g/mol. The first kappa shape index (κ1) is 32.2. The Morgan fingerprint density at radius 1 is 1.18 bits per heavy atom. The van der Waals surface area contributed by atoms with E-state index in [0.717, 1.165) is 5.56 Å². The van der Waals surface area contributed by atoms with Crippen LogP contribution in [-0.4, -0.2) is 51.2 Å². The van der Waals surface area contributed by atoms with Crippen LogP contribution in [0.15, 0.2) is 54.6 Å². The van der Waals surface area contributed by atoms with E-state index in [1.165, 1.54) is 35.0 Å². The number of carbonyl (C=O) groups excluding carboxylic acids is 2. The molecule has 0 aliphatic carbocycles. The number of aliphatic carboxylic acids is 1. The number of aliphatic hydroxyl groups is 2. The molecule has 3 rings (SSSR count). The minimum Gasteiger partial charge on any atom is -0.550 e. The summed E-state index contributed by atoms with van der Waals surface area (Å²) in [4.78, 5) is 24.0. The second-order valence-corrected chi connectivity index (χ2v) is 9.12. The van der Waals surface area contributed by atoms with Gasteiger partial charge in [-0.1, -0.05) is 32.1 Å². The van der Waals surface area contributed by atoms with Gasteiger partial charge in [-0.25, -0.2) is 9.07 Å². The molecule has 2 aromatic carbocycles. The Kier molecular flexibility index (Phi) is 12.3. The number of nitrogens with zero attached hydrogens (tertiary/aromatic N) is 2. The summed E-state index contributed by atoms with van der Waals surface area (Å²) >= 11 is 0. The molecule has 0 fully saturated rings. The molecule has 0 radical (unpaired) electrons. The quantitative estimate of drug-likeness (QED) is 0.256. The maximum Gasteiger partial charge on any atom is 1.00 e. The first-order valence-corrected chi connectivity index (χ1v) is 12.1. The van der Waals surface area contributed by atoms with Crippen molar-refractivity contribution >= 4 is 18.0 Å². The fourth-order valence-electron chi connectivity index (χ4n) is 4.00. The normalized spacial score (nSPS) is 12.7. The molecular weight excluding hydrogens is 516 g/mol.